The van der Waals surface area contributed by atoms with E-state index in [1.54, 1.807) is 30.3 Å². The fourth-order valence-electron chi connectivity index (χ4n) is 2.24. The lowest BCUT2D eigenvalue weighted by atomic mass is 10.1. The summed E-state index contributed by atoms with van der Waals surface area (Å²) in [7, 11) is 1.24. The van der Waals surface area contributed by atoms with Gasteiger partial charge in [-0.25, -0.2) is 9.59 Å². The van der Waals surface area contributed by atoms with Crippen LogP contribution in [0.3, 0.4) is 0 Å². The van der Waals surface area contributed by atoms with E-state index >= 15 is 0 Å². The molecule has 1 N–H and O–H groups in total. The Bertz CT molecular complexity index is 812. The van der Waals surface area contributed by atoms with Crippen LogP contribution in [-0.4, -0.2) is 31.0 Å². The quantitative estimate of drug-likeness (QED) is 0.599. The van der Waals surface area contributed by atoms with Crippen LogP contribution >= 0.6 is 0 Å². The number of nitrogens with one attached hydrogen (secondary N) is 1. The van der Waals surface area contributed by atoms with Gasteiger partial charge < -0.3 is 14.8 Å². The minimum absolute atomic E-state index is 0.0270. The summed E-state index contributed by atoms with van der Waals surface area (Å²) in [4.78, 5) is 35.2. The zero-order chi connectivity index (χ0) is 19.6. The Hall–Kier alpha value is -3.41. The van der Waals surface area contributed by atoms with Gasteiger partial charge in [0.15, 0.2) is 5.78 Å². The van der Waals surface area contributed by atoms with Crippen LogP contribution in [0.5, 0.6) is 0 Å². The lowest BCUT2D eigenvalue weighted by Crippen LogP contribution is -2.40. The van der Waals surface area contributed by atoms with Crippen LogP contribution in [0.2, 0.25) is 0 Å². The minimum Gasteiger partial charge on any atom is -0.467 e. The molecule has 0 aliphatic heterocycles. The second-order valence-electron chi connectivity index (χ2n) is 5.74. The number of carbonyl (C=O) groups is 3. The first-order valence-corrected chi connectivity index (χ1v) is 8.34. The van der Waals surface area contributed by atoms with Crippen molar-refractivity contribution in [2.24, 2.45) is 0 Å². The number of benzene rings is 2. The summed E-state index contributed by atoms with van der Waals surface area (Å²) in [5.74, 6) is -0.649. The summed E-state index contributed by atoms with van der Waals surface area (Å²) >= 11 is 0. The average Bonchev–Trinajstić information content (AvgIpc) is 2.70. The summed E-state index contributed by atoms with van der Waals surface area (Å²) in [5, 5.41) is 2.46. The van der Waals surface area contributed by atoms with Crippen molar-refractivity contribution in [1.29, 1.82) is 0 Å². The van der Waals surface area contributed by atoms with Crippen LogP contribution in [0.1, 0.15) is 28.4 Å². The van der Waals surface area contributed by atoms with E-state index in [0.717, 1.165) is 11.1 Å². The lowest BCUT2D eigenvalue weighted by molar-refractivity contribution is -0.141. The monoisotopic (exact) mass is 367 g/mol. The van der Waals surface area contributed by atoms with E-state index in [9.17, 15) is 14.4 Å². The van der Waals surface area contributed by atoms with Gasteiger partial charge in [0, 0.05) is 5.56 Å². The van der Waals surface area contributed by atoms with Crippen LogP contribution in [0, 0.1) is 0 Å². The van der Waals surface area contributed by atoms with Gasteiger partial charge in [0.25, 0.3) is 0 Å². The summed E-state index contributed by atoms with van der Waals surface area (Å²) < 4.78 is 9.83. The zero-order valence-corrected chi connectivity index (χ0v) is 15.2. The SMILES string of the molecule is COC(=O)[C@H](/C=C\c1ccc(C(C)=O)cc1)NC(=O)OCc1ccccc1. The third-order valence-electron chi connectivity index (χ3n) is 3.74. The number of alkyl carbamates (subject to hydrolysis) is 1. The highest BCUT2D eigenvalue weighted by Gasteiger charge is 2.19. The van der Waals surface area contributed by atoms with E-state index in [1.807, 2.05) is 30.3 Å². The molecule has 6 nitrogen and oxygen atoms in total. The molecule has 1 atom stereocenters. The molecule has 1 amide bonds. The molecular weight excluding hydrogens is 346 g/mol. The summed E-state index contributed by atoms with van der Waals surface area (Å²) in [6, 6.07) is 15.1. The molecule has 0 aromatic heterocycles. The van der Waals surface area contributed by atoms with Crippen LogP contribution in [-0.2, 0) is 20.9 Å². The second kappa shape index (κ2) is 9.91. The molecule has 0 bridgehead atoms. The Morgan fingerprint density at radius 2 is 1.70 bits per heavy atom. The van der Waals surface area contributed by atoms with E-state index in [2.05, 4.69) is 5.32 Å². The number of rotatable bonds is 7. The standard InChI is InChI=1S/C21H21NO5/c1-15(23)18-11-8-16(9-12-18)10-13-19(20(24)26-2)22-21(25)27-14-17-6-4-3-5-7-17/h3-13,19H,14H2,1-2H3,(H,22,25)/b13-10-/t19-/m0/s1. The second-order valence-corrected chi connectivity index (χ2v) is 5.74. The largest absolute Gasteiger partial charge is 0.467 e. The van der Waals surface area contributed by atoms with E-state index in [4.69, 9.17) is 9.47 Å². The molecular formula is C21H21NO5. The molecule has 27 heavy (non-hydrogen) atoms. The van der Waals surface area contributed by atoms with Gasteiger partial charge >= 0.3 is 12.1 Å². The maximum atomic E-state index is 12.0. The van der Waals surface area contributed by atoms with Crippen molar-refractivity contribution in [2.75, 3.05) is 7.11 Å². The number of carbonyl (C=O) groups excluding carboxylic acids is 3. The number of ketones is 1. The van der Waals surface area contributed by atoms with Crippen molar-refractivity contribution in [1.82, 2.24) is 5.32 Å². The van der Waals surface area contributed by atoms with Gasteiger partial charge in [-0.05, 0) is 18.1 Å². The molecule has 0 spiro atoms. The molecule has 0 heterocycles. The highest BCUT2D eigenvalue weighted by molar-refractivity contribution is 5.94. The number of esters is 1. The third-order valence-corrected chi connectivity index (χ3v) is 3.74. The Morgan fingerprint density at radius 3 is 2.30 bits per heavy atom. The van der Waals surface area contributed by atoms with Crippen LogP contribution in [0.25, 0.3) is 6.08 Å². The van der Waals surface area contributed by atoms with Crippen LogP contribution < -0.4 is 5.32 Å². The van der Waals surface area contributed by atoms with Crippen molar-refractivity contribution in [3.63, 3.8) is 0 Å². The van der Waals surface area contributed by atoms with E-state index in [0.29, 0.717) is 5.56 Å². The number of Topliss-reactive ketones (excluding diaryl/α,β-unsaturated/α-hetero) is 1. The first-order chi connectivity index (χ1) is 13.0. The van der Waals surface area contributed by atoms with E-state index in [-0.39, 0.29) is 12.4 Å². The van der Waals surface area contributed by atoms with Crippen molar-refractivity contribution < 1.29 is 23.9 Å². The molecule has 0 saturated carbocycles. The number of hydrogen-bond donors (Lipinski definition) is 1. The third kappa shape index (κ3) is 6.43. The Morgan fingerprint density at radius 1 is 1.04 bits per heavy atom. The van der Waals surface area contributed by atoms with Crippen molar-refractivity contribution in [3.05, 3.63) is 77.4 Å². The summed E-state index contributed by atoms with van der Waals surface area (Å²) in [5.41, 5.74) is 2.20. The lowest BCUT2D eigenvalue weighted by Gasteiger charge is -2.13. The predicted octanol–water partition coefficient (Wildman–Crippen LogP) is 3.37. The highest BCUT2D eigenvalue weighted by atomic mass is 16.6. The fraction of sp³-hybridized carbons (Fsp3) is 0.190. The van der Waals surface area contributed by atoms with Crippen LogP contribution in [0.15, 0.2) is 60.7 Å². The van der Waals surface area contributed by atoms with Gasteiger partial charge in [0.2, 0.25) is 0 Å². The molecule has 0 unspecified atom stereocenters. The minimum atomic E-state index is -0.995. The molecule has 140 valence electrons. The van der Waals surface area contributed by atoms with Gasteiger partial charge in [-0.2, -0.15) is 0 Å². The van der Waals surface area contributed by atoms with Gasteiger partial charge in [0.1, 0.15) is 12.6 Å². The molecule has 0 aliphatic carbocycles. The number of amides is 1. The Kier molecular flexibility index (Phi) is 7.31. The van der Waals surface area contributed by atoms with Gasteiger partial charge in [-0.15, -0.1) is 0 Å². The first kappa shape index (κ1) is 19.9. The molecule has 2 aromatic carbocycles. The van der Waals surface area contributed by atoms with Gasteiger partial charge in [-0.1, -0.05) is 66.7 Å². The normalized spacial score (nSPS) is 11.6. The summed E-state index contributed by atoms with van der Waals surface area (Å²) in [6.07, 6.45) is 2.42. The van der Waals surface area contributed by atoms with Crippen molar-refractivity contribution >= 4 is 23.9 Å². The number of hydrogen-bond acceptors (Lipinski definition) is 5. The highest BCUT2D eigenvalue weighted by Crippen LogP contribution is 2.08. The molecule has 0 fully saturated rings. The molecule has 0 saturated heterocycles. The summed E-state index contributed by atoms with van der Waals surface area (Å²) in [6.45, 7) is 1.58. The van der Waals surface area contributed by atoms with Crippen molar-refractivity contribution in [2.45, 2.75) is 19.6 Å². The number of ether oxygens (including phenoxy) is 2. The van der Waals surface area contributed by atoms with Crippen LogP contribution in [0.4, 0.5) is 4.79 Å². The molecule has 6 heteroatoms. The molecule has 2 rings (SSSR count). The Labute approximate surface area is 157 Å². The van der Waals surface area contributed by atoms with Gasteiger partial charge in [-0.3, -0.25) is 4.79 Å². The maximum Gasteiger partial charge on any atom is 0.408 e. The van der Waals surface area contributed by atoms with E-state index in [1.165, 1.54) is 20.1 Å². The maximum absolute atomic E-state index is 12.0. The van der Waals surface area contributed by atoms with Crippen molar-refractivity contribution in [3.8, 4) is 0 Å². The first-order valence-electron chi connectivity index (χ1n) is 8.34. The molecule has 0 radical (unpaired) electrons. The number of methoxy groups -OCH3 is 1. The molecule has 2 aromatic rings. The van der Waals surface area contributed by atoms with Gasteiger partial charge in [0.05, 0.1) is 7.11 Å². The fourth-order valence-corrected chi connectivity index (χ4v) is 2.24. The smallest absolute Gasteiger partial charge is 0.408 e. The predicted molar refractivity (Wildman–Crippen MR) is 101 cm³/mol. The molecule has 0 aliphatic rings. The average molecular weight is 367 g/mol. The topological polar surface area (TPSA) is 81.7 Å². The zero-order valence-electron chi connectivity index (χ0n) is 15.2. The van der Waals surface area contributed by atoms with E-state index < -0.39 is 18.1 Å². The Balaban J connectivity index is 1.98.